The molecule has 0 saturated heterocycles. The molecular formula is C17H23N3O3. The van der Waals surface area contributed by atoms with E-state index < -0.39 is 0 Å². The van der Waals surface area contributed by atoms with Gasteiger partial charge in [-0.3, -0.25) is 19.5 Å². The predicted molar refractivity (Wildman–Crippen MR) is 85.0 cm³/mol. The molecule has 1 aromatic rings. The number of carbonyl (C=O) groups excluding carboxylic acids is 1. The van der Waals surface area contributed by atoms with Crippen LogP contribution in [0.25, 0.3) is 0 Å². The zero-order valence-corrected chi connectivity index (χ0v) is 13.2. The van der Waals surface area contributed by atoms with E-state index in [9.17, 15) is 14.4 Å². The summed E-state index contributed by atoms with van der Waals surface area (Å²) in [5, 5.41) is 5.74. The minimum Gasteiger partial charge on any atom is -0.351 e. The van der Waals surface area contributed by atoms with E-state index in [0.29, 0.717) is 0 Å². The molecule has 0 spiro atoms. The Morgan fingerprint density at radius 3 is 2.35 bits per heavy atom. The number of amides is 1. The van der Waals surface area contributed by atoms with Crippen molar-refractivity contribution in [2.75, 3.05) is 0 Å². The fraction of sp³-hybridized carbons (Fsp3) is 0.706. The van der Waals surface area contributed by atoms with Crippen molar-refractivity contribution in [2.24, 2.45) is 17.8 Å². The Bertz CT molecular complexity index is 698. The highest BCUT2D eigenvalue weighted by atomic mass is 16.2. The Morgan fingerprint density at radius 2 is 1.74 bits per heavy atom. The van der Waals surface area contributed by atoms with Crippen molar-refractivity contribution < 1.29 is 4.79 Å². The summed E-state index contributed by atoms with van der Waals surface area (Å²) in [6.45, 7) is 0.215. The van der Waals surface area contributed by atoms with Crippen LogP contribution in [0, 0.1) is 17.8 Å². The molecule has 124 valence electrons. The highest BCUT2D eigenvalue weighted by Gasteiger charge is 2.51. The number of carbonyl (C=O) groups is 1. The van der Waals surface area contributed by atoms with Crippen LogP contribution in [0.2, 0.25) is 0 Å². The quantitative estimate of drug-likeness (QED) is 0.869. The number of aryl methyl sites for hydroxylation is 1. The van der Waals surface area contributed by atoms with E-state index in [-0.39, 0.29) is 35.5 Å². The number of aromatic nitrogens is 2. The molecule has 4 aliphatic carbocycles. The minimum absolute atomic E-state index is 0.000884. The molecule has 4 aliphatic rings. The minimum atomic E-state index is -0.328. The van der Waals surface area contributed by atoms with Gasteiger partial charge in [-0.05, 0) is 56.3 Å². The van der Waals surface area contributed by atoms with Crippen LogP contribution in [-0.2, 0) is 11.3 Å². The maximum atomic E-state index is 12.4. The van der Waals surface area contributed by atoms with Gasteiger partial charge in [0.15, 0.2) is 0 Å². The summed E-state index contributed by atoms with van der Waals surface area (Å²) in [5.41, 5.74) is -0.612. The van der Waals surface area contributed by atoms with Gasteiger partial charge < -0.3 is 5.32 Å². The molecule has 0 aliphatic heterocycles. The highest BCUT2D eigenvalue weighted by molar-refractivity contribution is 5.76. The summed E-state index contributed by atoms with van der Waals surface area (Å²) in [5.74, 6) is 2.35. The highest BCUT2D eigenvalue weighted by Crippen LogP contribution is 2.55. The average Bonchev–Trinajstić information content (AvgIpc) is 2.46. The van der Waals surface area contributed by atoms with Crippen LogP contribution in [0.15, 0.2) is 21.7 Å². The Balaban J connectivity index is 1.40. The largest absolute Gasteiger partial charge is 0.351 e. The molecule has 5 rings (SSSR count). The molecular weight excluding hydrogens is 294 g/mol. The molecule has 4 saturated carbocycles. The first-order valence-corrected chi connectivity index (χ1v) is 8.62. The van der Waals surface area contributed by atoms with Gasteiger partial charge >= 0.3 is 0 Å². The van der Waals surface area contributed by atoms with Gasteiger partial charge in [0.2, 0.25) is 5.91 Å². The van der Waals surface area contributed by atoms with E-state index in [2.05, 4.69) is 10.4 Å². The molecule has 0 unspecified atom stereocenters. The van der Waals surface area contributed by atoms with E-state index in [1.165, 1.54) is 36.1 Å². The van der Waals surface area contributed by atoms with Crippen LogP contribution in [0.4, 0.5) is 0 Å². The SMILES string of the molecule is O=C(CCn1[nH]c(=O)ccc1=O)NC12CC3CC(CC(C3)C1)C2. The number of hydrogen-bond donors (Lipinski definition) is 2. The van der Waals surface area contributed by atoms with Crippen LogP contribution >= 0.6 is 0 Å². The number of nitrogens with zero attached hydrogens (tertiary/aromatic N) is 1. The molecule has 0 radical (unpaired) electrons. The zero-order chi connectivity index (χ0) is 16.0. The van der Waals surface area contributed by atoms with E-state index in [1.54, 1.807) is 0 Å². The fourth-order valence-corrected chi connectivity index (χ4v) is 5.46. The predicted octanol–water partition coefficient (Wildman–Crippen LogP) is 1.01. The summed E-state index contributed by atoms with van der Waals surface area (Å²) in [4.78, 5) is 35.3. The Kier molecular flexibility index (Phi) is 3.43. The molecule has 4 fully saturated rings. The normalized spacial score (nSPS) is 34.5. The van der Waals surface area contributed by atoms with Crippen LogP contribution in [0.1, 0.15) is 44.9 Å². The Morgan fingerprint density at radius 1 is 1.13 bits per heavy atom. The molecule has 6 nitrogen and oxygen atoms in total. The second kappa shape index (κ2) is 5.35. The van der Waals surface area contributed by atoms with Gasteiger partial charge in [0.05, 0.1) is 6.54 Å². The lowest BCUT2D eigenvalue weighted by molar-refractivity contribution is -0.127. The second-order valence-corrected chi connectivity index (χ2v) is 7.80. The average molecular weight is 317 g/mol. The smallest absolute Gasteiger partial charge is 0.265 e. The van der Waals surface area contributed by atoms with Gasteiger partial charge in [0.1, 0.15) is 0 Å². The lowest BCUT2D eigenvalue weighted by atomic mass is 9.53. The number of nitrogens with one attached hydrogen (secondary N) is 2. The third kappa shape index (κ3) is 2.86. The van der Waals surface area contributed by atoms with Gasteiger partial charge in [0.25, 0.3) is 11.1 Å². The van der Waals surface area contributed by atoms with Crippen molar-refractivity contribution in [2.45, 2.75) is 57.0 Å². The van der Waals surface area contributed by atoms with E-state index in [1.807, 2.05) is 0 Å². The molecule has 23 heavy (non-hydrogen) atoms. The van der Waals surface area contributed by atoms with Crippen molar-refractivity contribution in [1.29, 1.82) is 0 Å². The summed E-state index contributed by atoms with van der Waals surface area (Å²) in [7, 11) is 0. The number of rotatable bonds is 4. The molecule has 1 aromatic heterocycles. The summed E-state index contributed by atoms with van der Waals surface area (Å²) in [6, 6.07) is 2.43. The molecule has 0 aromatic carbocycles. The van der Waals surface area contributed by atoms with E-state index in [0.717, 1.165) is 37.0 Å². The Hall–Kier alpha value is -1.85. The van der Waals surface area contributed by atoms with Gasteiger partial charge in [0, 0.05) is 24.1 Å². The van der Waals surface area contributed by atoms with Crippen LogP contribution in [0.3, 0.4) is 0 Å². The number of H-pyrrole nitrogens is 1. The maximum absolute atomic E-state index is 12.4. The maximum Gasteiger partial charge on any atom is 0.265 e. The fourth-order valence-electron chi connectivity index (χ4n) is 5.46. The van der Waals surface area contributed by atoms with Crippen molar-refractivity contribution in [1.82, 2.24) is 15.1 Å². The molecule has 0 atom stereocenters. The molecule has 1 amide bonds. The van der Waals surface area contributed by atoms with Gasteiger partial charge in [-0.2, -0.15) is 0 Å². The summed E-state index contributed by atoms with van der Waals surface area (Å²) in [6.07, 6.45) is 7.61. The first-order chi connectivity index (χ1) is 11.0. The van der Waals surface area contributed by atoms with Gasteiger partial charge in [-0.25, -0.2) is 4.68 Å². The first kappa shape index (κ1) is 14.7. The topological polar surface area (TPSA) is 84.0 Å². The molecule has 1 heterocycles. The summed E-state index contributed by atoms with van der Waals surface area (Å²) >= 11 is 0. The van der Waals surface area contributed by atoms with E-state index in [4.69, 9.17) is 0 Å². The second-order valence-electron chi connectivity index (χ2n) is 7.80. The third-order valence-electron chi connectivity index (χ3n) is 5.89. The van der Waals surface area contributed by atoms with E-state index >= 15 is 0 Å². The standard InChI is InChI=1S/C17H23N3O3/c21-14(3-4-20-16(23)2-1-15(22)19-20)18-17-8-11-5-12(9-17)7-13(6-11)10-17/h1-2,11-13H,3-10H2,(H,18,21)(H,19,22). The monoisotopic (exact) mass is 317 g/mol. The molecule has 6 heteroatoms. The van der Waals surface area contributed by atoms with Crippen molar-refractivity contribution in [3.63, 3.8) is 0 Å². The van der Waals surface area contributed by atoms with Crippen LogP contribution in [-0.4, -0.2) is 21.2 Å². The molecule has 2 N–H and O–H groups in total. The zero-order valence-electron chi connectivity index (χ0n) is 13.2. The van der Waals surface area contributed by atoms with Crippen LogP contribution < -0.4 is 16.4 Å². The van der Waals surface area contributed by atoms with Crippen LogP contribution in [0.5, 0.6) is 0 Å². The number of hydrogen-bond acceptors (Lipinski definition) is 3. The Labute approximate surface area is 134 Å². The van der Waals surface area contributed by atoms with Crippen molar-refractivity contribution in [3.05, 3.63) is 32.8 Å². The van der Waals surface area contributed by atoms with Crippen molar-refractivity contribution in [3.8, 4) is 0 Å². The lowest BCUT2D eigenvalue weighted by Gasteiger charge is -2.56. The van der Waals surface area contributed by atoms with Crippen molar-refractivity contribution >= 4 is 5.91 Å². The lowest BCUT2D eigenvalue weighted by Crippen LogP contribution is -2.59. The first-order valence-electron chi connectivity index (χ1n) is 8.62. The van der Waals surface area contributed by atoms with Gasteiger partial charge in [-0.1, -0.05) is 0 Å². The molecule has 4 bridgehead atoms. The third-order valence-corrected chi connectivity index (χ3v) is 5.89. The summed E-state index contributed by atoms with van der Waals surface area (Å²) < 4.78 is 1.21. The number of aromatic amines is 1. The van der Waals surface area contributed by atoms with Gasteiger partial charge in [-0.15, -0.1) is 0 Å².